The highest BCUT2D eigenvalue weighted by atomic mass is 35.5. The first-order valence-corrected chi connectivity index (χ1v) is 22.5. The van der Waals surface area contributed by atoms with Crippen LogP contribution in [0.4, 0.5) is 5.69 Å². The molecule has 1 unspecified atom stereocenters. The van der Waals surface area contributed by atoms with Crippen LogP contribution in [0.25, 0.3) is 16.6 Å². The summed E-state index contributed by atoms with van der Waals surface area (Å²) in [5.74, 6) is -0.441. The zero-order valence-electron chi connectivity index (χ0n) is 34.2. The smallest absolute Gasteiger partial charge is 0.274 e. The number of fused-ring (bicyclic) bond motifs is 1. The maximum Gasteiger partial charge on any atom is 0.274 e. The number of hydrogen-bond acceptors (Lipinski definition) is 10. The third-order valence-corrected chi connectivity index (χ3v) is 13.5. The molecule has 2 aromatic heterocycles. The van der Waals surface area contributed by atoms with Crippen molar-refractivity contribution in [2.24, 2.45) is 5.41 Å². The fraction of sp³-hybridized carbons (Fsp3) is 0.348. The van der Waals surface area contributed by atoms with Gasteiger partial charge in [0.15, 0.2) is 0 Å². The first-order chi connectivity index (χ1) is 29.3. The number of nitrogens with zero attached hydrogens (tertiary/aromatic N) is 4. The Morgan fingerprint density at radius 3 is 2.62 bits per heavy atom. The molecule has 0 saturated carbocycles. The number of sulfonamides is 1. The Morgan fingerprint density at radius 1 is 1.07 bits per heavy atom. The third-order valence-electron chi connectivity index (χ3n) is 11.9. The topological polar surface area (TPSA) is 160 Å². The van der Waals surface area contributed by atoms with Gasteiger partial charge in [-0.3, -0.25) is 19.8 Å². The van der Waals surface area contributed by atoms with Crippen LogP contribution in [0.15, 0.2) is 108 Å². The Bertz CT molecular complexity index is 2620. The first kappa shape index (κ1) is 42.2. The van der Waals surface area contributed by atoms with Gasteiger partial charge in [-0.2, -0.15) is 0 Å². The Labute approximate surface area is 360 Å². The molecule has 1 amide bonds. The van der Waals surface area contributed by atoms with Gasteiger partial charge in [0.1, 0.15) is 17.1 Å². The van der Waals surface area contributed by atoms with Crippen LogP contribution in [0.5, 0.6) is 11.5 Å². The number of ether oxygens (including phenoxy) is 2. The summed E-state index contributed by atoms with van der Waals surface area (Å²) < 4.78 is 41.2. The standard InChI is InChI=1S/C46H49ClN6O7S/c1-46(2)16-11-36(41(28-46)32-3-7-37(47)8-4-32)30-52-19-13-31(14-20-52)34-6-10-40(43(26-34)60-38-25-35-12-17-48-44(35)49-29-38)45(54)50-61(57,58)39-9-5-33(42(27-39)53(55)56)15-18-51-21-23-59-24-22-51/h3-10,12-13,17,19,25-27,29,31H,11,14-16,18,20-24,28,30H2,1-2H3,(H,48,49)(H,50,54). The highest BCUT2D eigenvalue weighted by Crippen LogP contribution is 2.44. The van der Waals surface area contributed by atoms with E-state index in [1.807, 2.05) is 24.3 Å². The number of nitro benzene ring substituents is 1. The number of allylic oxidation sites excluding steroid dienone is 2. The van der Waals surface area contributed by atoms with Gasteiger partial charge < -0.3 is 19.4 Å². The lowest BCUT2D eigenvalue weighted by molar-refractivity contribution is -0.385. The lowest BCUT2D eigenvalue weighted by atomic mass is 9.72. The van der Waals surface area contributed by atoms with Gasteiger partial charge in [-0.15, -0.1) is 0 Å². The van der Waals surface area contributed by atoms with Crippen molar-refractivity contribution in [1.29, 1.82) is 0 Å². The Hall–Kier alpha value is -5.54. The van der Waals surface area contributed by atoms with Crippen molar-refractivity contribution in [3.63, 3.8) is 0 Å². The second-order valence-electron chi connectivity index (χ2n) is 16.8. The summed E-state index contributed by atoms with van der Waals surface area (Å²) in [6.45, 7) is 9.48. The minimum absolute atomic E-state index is 0.00189. The summed E-state index contributed by atoms with van der Waals surface area (Å²) in [6.07, 6.45) is 11.9. The number of carbonyl (C=O) groups excluding carboxylic acids is 1. The lowest BCUT2D eigenvalue weighted by Gasteiger charge is -2.36. The molecule has 8 rings (SSSR count). The van der Waals surface area contributed by atoms with Gasteiger partial charge in [-0.1, -0.05) is 55.8 Å². The molecule has 15 heteroatoms. The molecular formula is C46H49ClN6O7S. The zero-order chi connectivity index (χ0) is 42.7. The monoisotopic (exact) mass is 864 g/mol. The van der Waals surface area contributed by atoms with Crippen molar-refractivity contribution in [2.75, 3.05) is 45.9 Å². The van der Waals surface area contributed by atoms with Gasteiger partial charge in [0.05, 0.1) is 34.8 Å². The number of carbonyl (C=O) groups is 1. The molecule has 2 N–H and O–H groups in total. The van der Waals surface area contributed by atoms with Crippen LogP contribution in [0, 0.1) is 15.5 Å². The number of halogens is 1. The summed E-state index contributed by atoms with van der Waals surface area (Å²) in [7, 11) is -4.54. The van der Waals surface area contributed by atoms with Crippen molar-refractivity contribution in [3.05, 3.63) is 140 Å². The van der Waals surface area contributed by atoms with Gasteiger partial charge in [-0.05, 0) is 108 Å². The number of rotatable bonds is 13. The molecule has 13 nitrogen and oxygen atoms in total. The molecule has 0 radical (unpaired) electrons. The highest BCUT2D eigenvalue weighted by molar-refractivity contribution is 7.90. The van der Waals surface area contributed by atoms with E-state index in [-0.39, 0.29) is 28.3 Å². The summed E-state index contributed by atoms with van der Waals surface area (Å²) >= 11 is 6.23. The fourth-order valence-corrected chi connectivity index (χ4v) is 9.51. The maximum absolute atomic E-state index is 13.9. The molecule has 61 heavy (non-hydrogen) atoms. The summed E-state index contributed by atoms with van der Waals surface area (Å²) in [5.41, 5.74) is 5.87. The van der Waals surface area contributed by atoms with Crippen molar-refractivity contribution >= 4 is 49.8 Å². The molecule has 0 spiro atoms. The minimum Gasteiger partial charge on any atom is -0.455 e. The van der Waals surface area contributed by atoms with Crippen molar-refractivity contribution in [2.45, 2.75) is 56.8 Å². The molecule has 1 atom stereocenters. The number of amides is 1. The van der Waals surface area contributed by atoms with Crippen LogP contribution in [0.2, 0.25) is 5.02 Å². The van der Waals surface area contributed by atoms with Crippen LogP contribution in [-0.4, -0.2) is 85.0 Å². The average molecular weight is 865 g/mol. The van der Waals surface area contributed by atoms with E-state index in [4.69, 9.17) is 21.1 Å². The van der Waals surface area contributed by atoms with Crippen LogP contribution >= 0.6 is 11.6 Å². The van der Waals surface area contributed by atoms with Crippen molar-refractivity contribution in [3.8, 4) is 11.5 Å². The van der Waals surface area contributed by atoms with E-state index in [1.54, 1.807) is 24.4 Å². The van der Waals surface area contributed by atoms with Gasteiger partial charge in [0, 0.05) is 66.9 Å². The molecule has 318 valence electrons. The predicted molar refractivity (Wildman–Crippen MR) is 235 cm³/mol. The molecule has 0 bridgehead atoms. The molecule has 1 fully saturated rings. The van der Waals surface area contributed by atoms with E-state index in [0.717, 1.165) is 73.9 Å². The third kappa shape index (κ3) is 9.99. The number of aromatic amines is 1. The van der Waals surface area contributed by atoms with Gasteiger partial charge >= 0.3 is 0 Å². The van der Waals surface area contributed by atoms with E-state index in [0.29, 0.717) is 43.1 Å². The van der Waals surface area contributed by atoms with E-state index < -0.39 is 25.7 Å². The summed E-state index contributed by atoms with van der Waals surface area (Å²) in [4.78, 5) is 37.0. The van der Waals surface area contributed by atoms with E-state index in [1.165, 1.54) is 35.0 Å². The SMILES string of the molecule is CC1(C)CCC(CN2C=CC(c3ccc(C(=O)NS(=O)(=O)c4ccc(CCN5CCOCC5)c([N+](=O)[O-])c4)c(Oc4cnc5[nH]ccc5c4)c3)CC2)=C(c2ccc(Cl)cc2)C1. The number of nitro groups is 1. The molecule has 3 aromatic carbocycles. The number of H-pyrrole nitrogens is 1. The average Bonchev–Trinajstić information content (AvgIpc) is 3.72. The van der Waals surface area contributed by atoms with Gasteiger partial charge in [0.25, 0.3) is 21.6 Å². The normalized spacial score (nSPS) is 18.3. The lowest BCUT2D eigenvalue weighted by Crippen LogP contribution is -2.37. The van der Waals surface area contributed by atoms with Crippen LogP contribution in [-0.2, 0) is 21.2 Å². The Kier molecular flexibility index (Phi) is 12.3. The Balaban J connectivity index is 1.03. The zero-order valence-corrected chi connectivity index (χ0v) is 35.8. The van der Waals surface area contributed by atoms with Crippen LogP contribution in [0.1, 0.15) is 72.5 Å². The number of pyridine rings is 1. The van der Waals surface area contributed by atoms with Crippen molar-refractivity contribution in [1.82, 2.24) is 24.5 Å². The largest absolute Gasteiger partial charge is 0.455 e. The van der Waals surface area contributed by atoms with Crippen LogP contribution < -0.4 is 9.46 Å². The van der Waals surface area contributed by atoms with Gasteiger partial charge in [-0.25, -0.2) is 18.1 Å². The second kappa shape index (κ2) is 17.8. The van der Waals surface area contributed by atoms with E-state index in [9.17, 15) is 23.3 Å². The first-order valence-electron chi connectivity index (χ1n) is 20.6. The summed E-state index contributed by atoms with van der Waals surface area (Å²) in [6, 6.07) is 20.6. The number of benzene rings is 3. The predicted octanol–water partition coefficient (Wildman–Crippen LogP) is 8.88. The molecule has 2 aliphatic heterocycles. The molecule has 4 heterocycles. The number of aromatic nitrogens is 2. The van der Waals surface area contributed by atoms with Crippen LogP contribution in [0.3, 0.4) is 0 Å². The molecular weight excluding hydrogens is 816 g/mol. The molecule has 1 saturated heterocycles. The van der Waals surface area contributed by atoms with E-state index >= 15 is 0 Å². The maximum atomic E-state index is 13.9. The second-order valence-corrected chi connectivity index (χ2v) is 18.9. The fourth-order valence-electron chi connectivity index (χ4n) is 8.40. The van der Waals surface area contributed by atoms with Gasteiger partial charge in [0.2, 0.25) is 0 Å². The number of nitrogens with one attached hydrogen (secondary N) is 2. The Morgan fingerprint density at radius 2 is 1.87 bits per heavy atom. The molecule has 5 aromatic rings. The quantitative estimate of drug-likeness (QED) is 0.0865. The molecule has 1 aliphatic carbocycles. The summed E-state index contributed by atoms with van der Waals surface area (Å²) in [5, 5.41) is 13.6. The highest BCUT2D eigenvalue weighted by Gasteiger charge is 2.30. The minimum atomic E-state index is -4.54. The van der Waals surface area contributed by atoms with Crippen molar-refractivity contribution < 1.29 is 27.6 Å². The van der Waals surface area contributed by atoms with E-state index in [2.05, 4.69) is 62.7 Å². The number of morpholine rings is 1. The molecule has 3 aliphatic rings. The number of hydrogen-bond donors (Lipinski definition) is 2.